The number of pyridine rings is 1. The van der Waals surface area contributed by atoms with Crippen molar-refractivity contribution in [3.05, 3.63) is 41.6 Å². The summed E-state index contributed by atoms with van der Waals surface area (Å²) >= 11 is 0. The van der Waals surface area contributed by atoms with Crippen molar-refractivity contribution in [3.8, 4) is 0 Å². The Morgan fingerprint density at radius 1 is 1.39 bits per heavy atom. The number of benzene rings is 1. The maximum absolute atomic E-state index is 10.7. The number of aryl methyl sites for hydroxylation is 1. The predicted octanol–water partition coefficient (Wildman–Crippen LogP) is 2.11. The van der Waals surface area contributed by atoms with Gasteiger partial charge < -0.3 is 10.4 Å². The minimum absolute atomic E-state index is 0.539. The van der Waals surface area contributed by atoms with E-state index in [9.17, 15) is 4.79 Å². The molecule has 0 amide bonds. The van der Waals surface area contributed by atoms with Crippen LogP contribution in [0.1, 0.15) is 18.2 Å². The summed E-state index contributed by atoms with van der Waals surface area (Å²) in [5.41, 5.74) is 3.01. The highest BCUT2D eigenvalue weighted by Gasteiger charge is 2.09. The molecule has 0 bridgehead atoms. The number of fused-ring (bicyclic) bond motifs is 1. The lowest BCUT2D eigenvalue weighted by Crippen LogP contribution is -2.33. The summed E-state index contributed by atoms with van der Waals surface area (Å²) in [6, 6.07) is 9.42. The molecule has 1 aromatic carbocycles. The number of carboxylic acids is 1. The van der Waals surface area contributed by atoms with Crippen molar-refractivity contribution < 1.29 is 9.90 Å². The quantitative estimate of drug-likeness (QED) is 0.864. The van der Waals surface area contributed by atoms with E-state index in [0.29, 0.717) is 6.54 Å². The van der Waals surface area contributed by atoms with E-state index in [1.54, 1.807) is 6.92 Å². The molecule has 2 aromatic rings. The first-order chi connectivity index (χ1) is 8.56. The first kappa shape index (κ1) is 12.5. The molecule has 1 atom stereocenters. The van der Waals surface area contributed by atoms with E-state index in [-0.39, 0.29) is 0 Å². The van der Waals surface area contributed by atoms with Gasteiger partial charge in [0.05, 0.1) is 5.52 Å². The third-order valence-corrected chi connectivity index (χ3v) is 2.88. The zero-order chi connectivity index (χ0) is 13.1. The van der Waals surface area contributed by atoms with Crippen molar-refractivity contribution in [1.82, 2.24) is 10.3 Å². The maximum atomic E-state index is 10.7. The van der Waals surface area contributed by atoms with Crippen molar-refractivity contribution >= 4 is 16.9 Å². The summed E-state index contributed by atoms with van der Waals surface area (Å²) in [6.07, 6.45) is 0. The Hall–Kier alpha value is -1.94. The molecule has 1 heterocycles. The van der Waals surface area contributed by atoms with Crippen LogP contribution in [0.2, 0.25) is 0 Å². The van der Waals surface area contributed by atoms with E-state index in [0.717, 1.165) is 22.2 Å². The molecule has 0 aliphatic heterocycles. The van der Waals surface area contributed by atoms with E-state index in [1.807, 2.05) is 37.3 Å². The molecule has 0 aliphatic rings. The number of hydrogen-bond acceptors (Lipinski definition) is 3. The highest BCUT2D eigenvalue weighted by molar-refractivity contribution is 5.79. The molecule has 2 N–H and O–H groups in total. The first-order valence-electron chi connectivity index (χ1n) is 5.89. The fourth-order valence-corrected chi connectivity index (χ4v) is 1.75. The lowest BCUT2D eigenvalue weighted by Gasteiger charge is -2.09. The lowest BCUT2D eigenvalue weighted by molar-refractivity contribution is -0.139. The second-order valence-electron chi connectivity index (χ2n) is 4.42. The van der Waals surface area contributed by atoms with Gasteiger partial charge >= 0.3 is 5.97 Å². The second-order valence-corrected chi connectivity index (χ2v) is 4.42. The van der Waals surface area contributed by atoms with Crippen LogP contribution in [0.5, 0.6) is 0 Å². The van der Waals surface area contributed by atoms with E-state index in [1.165, 1.54) is 0 Å². The van der Waals surface area contributed by atoms with Crippen LogP contribution in [0, 0.1) is 6.92 Å². The fourth-order valence-electron chi connectivity index (χ4n) is 1.75. The van der Waals surface area contributed by atoms with Crippen molar-refractivity contribution in [3.63, 3.8) is 0 Å². The molecule has 0 fully saturated rings. The molecule has 1 aromatic heterocycles. The number of carboxylic acid groups (broad SMARTS) is 1. The Kier molecular flexibility index (Phi) is 3.58. The second kappa shape index (κ2) is 5.14. The smallest absolute Gasteiger partial charge is 0.320 e. The number of aromatic nitrogens is 1. The monoisotopic (exact) mass is 244 g/mol. The van der Waals surface area contributed by atoms with Gasteiger partial charge in [0.25, 0.3) is 0 Å². The zero-order valence-electron chi connectivity index (χ0n) is 10.5. The molecular formula is C14H16N2O2. The molecule has 2 rings (SSSR count). The van der Waals surface area contributed by atoms with Gasteiger partial charge in [-0.25, -0.2) is 0 Å². The summed E-state index contributed by atoms with van der Waals surface area (Å²) in [5, 5.41) is 12.8. The Bertz CT molecular complexity index is 581. The average Bonchev–Trinajstić information content (AvgIpc) is 2.35. The average molecular weight is 244 g/mol. The fraction of sp³-hybridized carbons (Fsp3) is 0.286. The number of aliphatic carboxylic acids is 1. The molecular weight excluding hydrogens is 228 g/mol. The highest BCUT2D eigenvalue weighted by atomic mass is 16.4. The Labute approximate surface area is 106 Å². The normalized spacial score (nSPS) is 12.6. The summed E-state index contributed by atoms with van der Waals surface area (Å²) in [7, 11) is 0. The van der Waals surface area contributed by atoms with Crippen LogP contribution in [0.15, 0.2) is 30.3 Å². The molecule has 0 saturated heterocycles. The van der Waals surface area contributed by atoms with Crippen molar-refractivity contribution in [2.45, 2.75) is 26.4 Å². The van der Waals surface area contributed by atoms with Crippen LogP contribution >= 0.6 is 0 Å². The Morgan fingerprint density at radius 2 is 2.17 bits per heavy atom. The highest BCUT2D eigenvalue weighted by Crippen LogP contribution is 2.14. The van der Waals surface area contributed by atoms with E-state index >= 15 is 0 Å². The number of nitrogens with zero attached hydrogens (tertiary/aromatic N) is 1. The molecule has 0 unspecified atom stereocenters. The largest absolute Gasteiger partial charge is 0.480 e. The van der Waals surface area contributed by atoms with Gasteiger partial charge in [-0.1, -0.05) is 12.1 Å². The molecule has 0 spiro atoms. The molecule has 94 valence electrons. The molecule has 0 radical (unpaired) electrons. The SMILES string of the molecule is Cc1ccc2cc(CN[C@H](C)C(=O)O)ccc2n1. The van der Waals surface area contributed by atoms with Crippen LogP contribution in [0.4, 0.5) is 0 Å². The van der Waals surface area contributed by atoms with Crippen LogP contribution in [-0.2, 0) is 11.3 Å². The number of carbonyl (C=O) groups is 1. The number of rotatable bonds is 4. The van der Waals surface area contributed by atoms with Gasteiger partial charge in [0.2, 0.25) is 0 Å². The maximum Gasteiger partial charge on any atom is 0.320 e. The minimum Gasteiger partial charge on any atom is -0.480 e. The van der Waals surface area contributed by atoms with Gasteiger partial charge in [-0.15, -0.1) is 0 Å². The van der Waals surface area contributed by atoms with Gasteiger partial charge in [0.15, 0.2) is 0 Å². The van der Waals surface area contributed by atoms with Gasteiger partial charge in [0.1, 0.15) is 6.04 Å². The topological polar surface area (TPSA) is 62.2 Å². The van der Waals surface area contributed by atoms with Crippen LogP contribution in [0.3, 0.4) is 0 Å². The molecule has 18 heavy (non-hydrogen) atoms. The van der Waals surface area contributed by atoms with Crippen molar-refractivity contribution in [1.29, 1.82) is 0 Å². The number of nitrogens with one attached hydrogen (secondary N) is 1. The molecule has 0 saturated carbocycles. The van der Waals surface area contributed by atoms with Gasteiger partial charge in [-0.3, -0.25) is 9.78 Å². The summed E-state index contributed by atoms with van der Waals surface area (Å²) < 4.78 is 0. The first-order valence-corrected chi connectivity index (χ1v) is 5.89. The third kappa shape index (κ3) is 2.84. The summed E-state index contributed by atoms with van der Waals surface area (Å²) in [4.78, 5) is 15.1. The van der Waals surface area contributed by atoms with Crippen LogP contribution in [-0.4, -0.2) is 22.1 Å². The number of hydrogen-bond donors (Lipinski definition) is 2. The van der Waals surface area contributed by atoms with Crippen molar-refractivity contribution in [2.24, 2.45) is 0 Å². The van der Waals surface area contributed by atoms with E-state index < -0.39 is 12.0 Å². The van der Waals surface area contributed by atoms with Gasteiger partial charge in [0, 0.05) is 17.6 Å². The van der Waals surface area contributed by atoms with E-state index in [2.05, 4.69) is 10.3 Å². The minimum atomic E-state index is -0.840. The van der Waals surface area contributed by atoms with Crippen LogP contribution in [0.25, 0.3) is 10.9 Å². The molecule has 4 heteroatoms. The molecule has 0 aliphatic carbocycles. The van der Waals surface area contributed by atoms with Crippen molar-refractivity contribution in [2.75, 3.05) is 0 Å². The summed E-state index contributed by atoms with van der Waals surface area (Å²) in [5.74, 6) is -0.840. The predicted molar refractivity (Wildman–Crippen MR) is 70.4 cm³/mol. The van der Waals surface area contributed by atoms with Gasteiger partial charge in [-0.05, 0) is 37.6 Å². The van der Waals surface area contributed by atoms with E-state index in [4.69, 9.17) is 5.11 Å². The lowest BCUT2D eigenvalue weighted by atomic mass is 10.1. The third-order valence-electron chi connectivity index (χ3n) is 2.88. The Balaban J connectivity index is 2.15. The molecule has 4 nitrogen and oxygen atoms in total. The Morgan fingerprint density at radius 3 is 2.89 bits per heavy atom. The standard InChI is InChI=1S/C14H16N2O2/c1-9-3-5-12-7-11(4-6-13(12)16-9)8-15-10(2)14(17)18/h3-7,10,15H,8H2,1-2H3,(H,17,18)/t10-/m1/s1. The summed E-state index contributed by atoms with van der Waals surface area (Å²) in [6.45, 7) is 4.13. The van der Waals surface area contributed by atoms with Crippen LogP contribution < -0.4 is 5.32 Å². The zero-order valence-corrected chi connectivity index (χ0v) is 10.5. The van der Waals surface area contributed by atoms with Gasteiger partial charge in [-0.2, -0.15) is 0 Å².